The van der Waals surface area contributed by atoms with Crippen molar-refractivity contribution in [2.45, 2.75) is 0 Å². The fraction of sp³-hybridized carbons (Fsp3) is 0. The quantitative estimate of drug-likeness (QED) is 0.186. The van der Waals surface area contributed by atoms with Crippen LogP contribution in [0, 0.1) is 10.1 Å². The molecule has 0 unspecified atom stereocenters. The van der Waals surface area contributed by atoms with Gasteiger partial charge in [0.2, 0.25) is 0 Å². The molecule has 0 aliphatic heterocycles. The van der Waals surface area contributed by atoms with Gasteiger partial charge in [-0.1, -0.05) is 0 Å². The van der Waals surface area contributed by atoms with Crippen LogP contribution in [-0.2, 0) is 0 Å². The summed E-state index contributed by atoms with van der Waals surface area (Å²) in [6, 6.07) is 0. The first-order valence-corrected chi connectivity index (χ1v) is 4.59. The molecule has 0 atom stereocenters. The maximum absolute atomic E-state index is 9.17. The molecule has 0 heterocycles. The van der Waals surface area contributed by atoms with Gasteiger partial charge in [-0.25, -0.2) is 0 Å². The molecule has 0 fully saturated rings. The second kappa shape index (κ2) is 5.73. The Kier molecular flexibility index (Phi) is 9.44. The van der Waals surface area contributed by atoms with Crippen molar-refractivity contribution in [3.8, 4) is 0 Å². The molecule has 3 nitrogen and oxygen atoms in total. The van der Waals surface area contributed by atoms with Crippen LogP contribution in [0.1, 0.15) is 0 Å². The van der Waals surface area contributed by atoms with E-state index in [9.17, 15) is 10.1 Å². The molecule has 34 valence electrons. The minimum atomic E-state index is -0.397. The van der Waals surface area contributed by atoms with Crippen molar-refractivity contribution in [2.75, 3.05) is 0 Å². The lowest BCUT2D eigenvalue weighted by Crippen LogP contribution is -1.76. The van der Waals surface area contributed by atoms with Crippen molar-refractivity contribution >= 4 is 43.8 Å². The molecule has 0 aliphatic rings. The summed E-state index contributed by atoms with van der Waals surface area (Å²) in [4.78, 5) is 9.17. The average Bonchev–Trinajstić information content (AvgIpc) is 1.38. The largest absolute Gasteiger partial charge is 0.316 e. The van der Waals surface area contributed by atoms with Crippen molar-refractivity contribution < 1.29 is 4.33 Å². The van der Waals surface area contributed by atoms with Crippen LogP contribution >= 0.6 is 11.4 Å². The summed E-state index contributed by atoms with van der Waals surface area (Å²) in [6.45, 7) is 0. The highest BCUT2D eigenvalue weighted by molar-refractivity contribution is 8.14. The predicted molar refractivity (Wildman–Crippen MR) is 33.1 cm³/mol. The summed E-state index contributed by atoms with van der Waals surface area (Å²) in [5, 5.41) is 9.17. The second-order valence-corrected chi connectivity index (χ2v) is 2.16. The van der Waals surface area contributed by atoms with E-state index in [1.165, 1.54) is 0 Å². The van der Waals surface area contributed by atoms with Crippen LogP contribution in [0.3, 0.4) is 0 Å². The highest BCUT2D eigenvalue weighted by Crippen LogP contribution is 1.84. The van der Waals surface area contributed by atoms with E-state index in [-0.39, 0.29) is 23.1 Å². The molecule has 0 amide bonds. The lowest BCUT2D eigenvalue weighted by molar-refractivity contribution is -0.280. The molecular formula is H5MgNO2SSi. The molecule has 0 aromatic rings. The summed E-state index contributed by atoms with van der Waals surface area (Å²) in [5.74, 6) is 0. The van der Waals surface area contributed by atoms with Crippen molar-refractivity contribution in [1.29, 1.82) is 0 Å². The topological polar surface area (TPSA) is 43.1 Å². The van der Waals surface area contributed by atoms with Crippen molar-refractivity contribution in [2.24, 2.45) is 0 Å². The second-order valence-electron chi connectivity index (χ2n) is 0.406. The van der Waals surface area contributed by atoms with Gasteiger partial charge in [0.15, 0.2) is 20.8 Å². The summed E-state index contributed by atoms with van der Waals surface area (Å²) in [6.07, 6.45) is 0. The molecule has 0 rings (SSSR count). The zero-order valence-electron chi connectivity index (χ0n) is 2.67. The van der Waals surface area contributed by atoms with Gasteiger partial charge >= 0.3 is 23.1 Å². The van der Waals surface area contributed by atoms with Crippen LogP contribution in [0.2, 0.25) is 0 Å². The van der Waals surface area contributed by atoms with Gasteiger partial charge in [-0.05, 0) is 0 Å². The highest BCUT2D eigenvalue weighted by Gasteiger charge is 1.80. The molecule has 0 N–H and O–H groups in total. The molecule has 0 saturated carbocycles. The molecule has 0 radical (unpaired) electrons. The predicted octanol–water partition coefficient (Wildman–Crippen LogP) is -1.72. The molecule has 6 heteroatoms. The lowest BCUT2D eigenvalue weighted by atomic mass is 13.4. The van der Waals surface area contributed by atoms with Crippen molar-refractivity contribution in [1.82, 2.24) is 0 Å². The Balaban J connectivity index is 0. The summed E-state index contributed by atoms with van der Waals surface area (Å²) >= 11 is 0.741. The number of hydrogen-bond donors (Lipinski definition) is 0. The number of nitrogens with zero attached hydrogens (tertiary/aromatic N) is 1. The third-order valence-electron chi connectivity index (χ3n) is 0.149. The van der Waals surface area contributed by atoms with E-state index in [4.69, 9.17) is 0 Å². The third-order valence-corrected chi connectivity index (χ3v) is 1.34. The van der Waals surface area contributed by atoms with Gasteiger partial charge in [0, 0.05) is 0 Å². The summed E-state index contributed by atoms with van der Waals surface area (Å²) in [5.41, 5.74) is 0. The SMILES string of the molecule is O=[N+]([O-])S[SiH3].[MgH2]. The van der Waals surface area contributed by atoms with Crippen LogP contribution in [0.5, 0.6) is 0 Å². The fourth-order valence-electron chi connectivity index (χ4n) is 0. The number of hydrogen-bond acceptors (Lipinski definition) is 3. The van der Waals surface area contributed by atoms with Gasteiger partial charge in [0.25, 0.3) is 0 Å². The van der Waals surface area contributed by atoms with Crippen LogP contribution in [0.15, 0.2) is 0 Å². The Morgan fingerprint density at radius 2 is 2.00 bits per heavy atom. The van der Waals surface area contributed by atoms with Crippen molar-refractivity contribution in [3.63, 3.8) is 0 Å². The average molecular weight is 136 g/mol. The van der Waals surface area contributed by atoms with Crippen LogP contribution in [0.25, 0.3) is 0 Å². The van der Waals surface area contributed by atoms with E-state index >= 15 is 0 Å². The Morgan fingerprint density at radius 3 is 2.00 bits per heavy atom. The minimum absolute atomic E-state index is 0. The maximum atomic E-state index is 9.17. The monoisotopic (exact) mass is 135 g/mol. The molecule has 0 spiro atoms. The Bertz CT molecular complexity index is 48.8. The minimum Gasteiger partial charge on any atom is -0.251 e. The molecule has 6 heavy (non-hydrogen) atoms. The molecule has 0 aromatic carbocycles. The molecule has 0 aromatic heterocycles. The highest BCUT2D eigenvalue weighted by atomic mass is 32.4. The van der Waals surface area contributed by atoms with Gasteiger partial charge in [-0.3, -0.25) is 10.1 Å². The lowest BCUT2D eigenvalue weighted by Gasteiger charge is -1.70. The van der Waals surface area contributed by atoms with Crippen LogP contribution in [-0.4, -0.2) is 36.8 Å². The van der Waals surface area contributed by atoms with E-state index < -0.39 is 4.33 Å². The van der Waals surface area contributed by atoms with Crippen molar-refractivity contribution in [3.05, 3.63) is 10.1 Å². The Hall–Kier alpha value is 0.733. The zero-order valence-corrected chi connectivity index (χ0v) is 5.49. The molecule has 0 bridgehead atoms. The van der Waals surface area contributed by atoms with Crippen LogP contribution < -0.4 is 0 Å². The normalized spacial score (nSPS) is 6.67. The van der Waals surface area contributed by atoms with E-state index in [0.717, 1.165) is 11.4 Å². The molecular weight excluding hydrogens is 130 g/mol. The first-order valence-electron chi connectivity index (χ1n) is 0.956. The van der Waals surface area contributed by atoms with E-state index in [1.807, 2.05) is 0 Å². The maximum Gasteiger partial charge on any atom is 0.316 e. The van der Waals surface area contributed by atoms with E-state index in [0.29, 0.717) is 9.39 Å². The van der Waals surface area contributed by atoms with E-state index in [2.05, 4.69) is 0 Å². The van der Waals surface area contributed by atoms with E-state index in [1.54, 1.807) is 0 Å². The third kappa shape index (κ3) is 8.83. The van der Waals surface area contributed by atoms with Gasteiger partial charge in [0.1, 0.15) is 0 Å². The summed E-state index contributed by atoms with van der Waals surface area (Å²) < 4.78 is -0.397. The van der Waals surface area contributed by atoms with Gasteiger partial charge < -0.3 is 0 Å². The van der Waals surface area contributed by atoms with Gasteiger partial charge in [-0.15, -0.1) is 0 Å². The van der Waals surface area contributed by atoms with Crippen LogP contribution in [0.4, 0.5) is 0 Å². The first kappa shape index (κ1) is 9.88. The van der Waals surface area contributed by atoms with Gasteiger partial charge in [-0.2, -0.15) is 0 Å². The first-order chi connectivity index (χ1) is 2.27. The number of rotatable bonds is 1. The Morgan fingerprint density at radius 1 is 1.83 bits per heavy atom. The van der Waals surface area contributed by atoms with Gasteiger partial charge in [0.05, 0.1) is 4.33 Å². The molecule has 0 aliphatic carbocycles. The molecule has 0 saturated heterocycles. The fourth-order valence-corrected chi connectivity index (χ4v) is 0. The Labute approximate surface area is 58.4 Å². The summed E-state index contributed by atoms with van der Waals surface area (Å²) in [7, 11) is 0.591. The number of nitro groups is 1. The standard InChI is InChI=1S/Mg.H3NO2SSi.2H/c;2-1(3)4-5;;/h;5H3;;. The zero-order chi connectivity index (χ0) is 4.28. The smallest absolute Gasteiger partial charge is 0.251 e.